The van der Waals surface area contributed by atoms with Crippen LogP contribution in [0.25, 0.3) is 0 Å². The Labute approximate surface area is 99.9 Å². The molecule has 1 aromatic rings. The van der Waals surface area contributed by atoms with Crippen molar-refractivity contribution >= 4 is 10.0 Å². The summed E-state index contributed by atoms with van der Waals surface area (Å²) >= 11 is 0. The molecule has 0 heterocycles. The topological polar surface area (TPSA) is 46.2 Å². The molecule has 0 aliphatic carbocycles. The minimum absolute atomic E-state index is 0.246. The molecule has 17 heavy (non-hydrogen) atoms. The molecule has 1 aromatic carbocycles. The van der Waals surface area contributed by atoms with Crippen molar-refractivity contribution in [3.8, 4) is 0 Å². The van der Waals surface area contributed by atoms with Crippen LogP contribution in [0.1, 0.15) is 26.7 Å². The molecule has 0 amide bonds. The van der Waals surface area contributed by atoms with E-state index in [9.17, 15) is 17.2 Å². The van der Waals surface area contributed by atoms with Gasteiger partial charge < -0.3 is 0 Å². The van der Waals surface area contributed by atoms with Gasteiger partial charge in [-0.1, -0.05) is 13.8 Å². The number of hydrogen-bond acceptors (Lipinski definition) is 2. The van der Waals surface area contributed by atoms with E-state index in [4.69, 9.17) is 0 Å². The van der Waals surface area contributed by atoms with Gasteiger partial charge in [-0.2, -0.15) is 0 Å². The quantitative estimate of drug-likeness (QED) is 0.886. The second kappa shape index (κ2) is 5.55. The summed E-state index contributed by atoms with van der Waals surface area (Å²) in [7, 11) is -3.92. The minimum atomic E-state index is -3.92. The van der Waals surface area contributed by atoms with Gasteiger partial charge in [-0.3, -0.25) is 0 Å². The summed E-state index contributed by atoms with van der Waals surface area (Å²) in [5.41, 5.74) is 0. The maximum absolute atomic E-state index is 13.3. The summed E-state index contributed by atoms with van der Waals surface area (Å²) in [5, 5.41) is 0. The Bertz CT molecular complexity index is 484. The lowest BCUT2D eigenvalue weighted by atomic mass is 10.2. The van der Waals surface area contributed by atoms with Gasteiger partial charge >= 0.3 is 0 Å². The van der Waals surface area contributed by atoms with Crippen LogP contribution < -0.4 is 4.72 Å². The fourth-order valence-corrected chi connectivity index (χ4v) is 2.89. The second-order valence-corrected chi connectivity index (χ2v) is 5.39. The lowest BCUT2D eigenvalue weighted by Gasteiger charge is -2.15. The molecule has 0 aromatic heterocycles. The summed E-state index contributed by atoms with van der Waals surface area (Å²) < 4.78 is 52.0. The molecule has 0 spiro atoms. The van der Waals surface area contributed by atoms with Gasteiger partial charge in [0.25, 0.3) is 0 Å². The molecular weight excluding hydrogens is 248 g/mol. The molecule has 0 fully saturated rings. The van der Waals surface area contributed by atoms with Crippen molar-refractivity contribution in [2.45, 2.75) is 37.6 Å². The predicted molar refractivity (Wildman–Crippen MR) is 61.0 cm³/mol. The third-order valence-electron chi connectivity index (χ3n) is 2.49. The van der Waals surface area contributed by atoms with E-state index < -0.39 is 26.6 Å². The molecule has 0 unspecified atom stereocenters. The summed E-state index contributed by atoms with van der Waals surface area (Å²) in [6.45, 7) is 3.66. The van der Waals surface area contributed by atoms with Crippen LogP contribution >= 0.6 is 0 Å². The maximum atomic E-state index is 13.3. The van der Waals surface area contributed by atoms with Crippen molar-refractivity contribution in [2.75, 3.05) is 0 Å². The van der Waals surface area contributed by atoms with Gasteiger partial charge in [-0.25, -0.2) is 21.9 Å². The number of halogens is 2. The second-order valence-electron chi connectivity index (χ2n) is 3.71. The number of sulfonamides is 1. The summed E-state index contributed by atoms with van der Waals surface area (Å²) in [5.74, 6) is -1.88. The van der Waals surface area contributed by atoms with Gasteiger partial charge in [-0.05, 0) is 25.0 Å². The molecule has 1 N–H and O–H groups in total. The lowest BCUT2D eigenvalue weighted by molar-refractivity contribution is 0.516. The van der Waals surface area contributed by atoms with Gasteiger partial charge in [-0.15, -0.1) is 0 Å². The Morgan fingerprint density at radius 2 is 1.82 bits per heavy atom. The molecule has 0 atom stereocenters. The molecule has 1 rings (SSSR count). The summed E-state index contributed by atoms with van der Waals surface area (Å²) in [6.07, 6.45) is 1.22. The van der Waals surface area contributed by atoms with Crippen LogP contribution in [0.2, 0.25) is 0 Å². The SMILES string of the molecule is CCC(CC)NS(=O)(=O)c1ccc(F)cc1F. The van der Waals surface area contributed by atoms with Crippen LogP contribution in [0.5, 0.6) is 0 Å². The number of benzene rings is 1. The van der Waals surface area contributed by atoms with Crippen LogP contribution in [0.15, 0.2) is 23.1 Å². The highest BCUT2D eigenvalue weighted by molar-refractivity contribution is 7.89. The standard InChI is InChI=1S/C11H15F2NO2S/c1-3-9(4-2)14-17(15,16)11-6-5-8(12)7-10(11)13/h5-7,9,14H,3-4H2,1-2H3. The highest BCUT2D eigenvalue weighted by atomic mass is 32.2. The molecule has 0 radical (unpaired) electrons. The van der Waals surface area contributed by atoms with Crippen molar-refractivity contribution in [3.05, 3.63) is 29.8 Å². The number of hydrogen-bond donors (Lipinski definition) is 1. The third kappa shape index (κ3) is 3.47. The van der Waals surface area contributed by atoms with E-state index in [0.29, 0.717) is 18.9 Å². The smallest absolute Gasteiger partial charge is 0.208 e. The third-order valence-corrected chi connectivity index (χ3v) is 4.04. The Morgan fingerprint density at radius 1 is 1.24 bits per heavy atom. The normalized spacial score (nSPS) is 12.1. The minimum Gasteiger partial charge on any atom is -0.208 e. The average molecular weight is 263 g/mol. The first-order valence-electron chi connectivity index (χ1n) is 5.38. The Balaban J connectivity index is 3.05. The highest BCUT2D eigenvalue weighted by Crippen LogP contribution is 2.16. The first-order chi connectivity index (χ1) is 7.90. The van der Waals surface area contributed by atoms with Gasteiger partial charge in [0.15, 0.2) is 0 Å². The van der Waals surface area contributed by atoms with Crippen molar-refractivity contribution in [1.82, 2.24) is 4.72 Å². The van der Waals surface area contributed by atoms with Gasteiger partial charge in [0.1, 0.15) is 16.5 Å². The lowest BCUT2D eigenvalue weighted by Crippen LogP contribution is -2.34. The molecule has 6 heteroatoms. The Morgan fingerprint density at radius 3 is 2.29 bits per heavy atom. The van der Waals surface area contributed by atoms with Gasteiger partial charge in [0.05, 0.1) is 0 Å². The summed E-state index contributed by atoms with van der Waals surface area (Å²) in [6, 6.07) is 2.16. The summed E-state index contributed by atoms with van der Waals surface area (Å²) in [4.78, 5) is -0.522. The van der Waals surface area contributed by atoms with E-state index in [2.05, 4.69) is 4.72 Å². The first kappa shape index (κ1) is 14.1. The van der Waals surface area contributed by atoms with Crippen LogP contribution in [0.3, 0.4) is 0 Å². The number of rotatable bonds is 5. The highest BCUT2D eigenvalue weighted by Gasteiger charge is 2.21. The zero-order valence-corrected chi connectivity index (χ0v) is 10.5. The van der Waals surface area contributed by atoms with E-state index >= 15 is 0 Å². The molecule has 0 saturated heterocycles. The molecule has 3 nitrogen and oxygen atoms in total. The molecule has 96 valence electrons. The first-order valence-corrected chi connectivity index (χ1v) is 6.86. The zero-order chi connectivity index (χ0) is 13.1. The Hall–Kier alpha value is -1.01. The van der Waals surface area contributed by atoms with E-state index in [-0.39, 0.29) is 6.04 Å². The van der Waals surface area contributed by atoms with Crippen LogP contribution in [-0.4, -0.2) is 14.5 Å². The molecular formula is C11H15F2NO2S. The van der Waals surface area contributed by atoms with Gasteiger partial charge in [0, 0.05) is 12.1 Å². The molecule has 0 bridgehead atoms. The largest absolute Gasteiger partial charge is 0.243 e. The van der Waals surface area contributed by atoms with Crippen LogP contribution in [0, 0.1) is 11.6 Å². The molecule has 0 aliphatic rings. The van der Waals surface area contributed by atoms with Crippen molar-refractivity contribution in [1.29, 1.82) is 0 Å². The van der Waals surface area contributed by atoms with E-state index in [0.717, 1.165) is 12.1 Å². The maximum Gasteiger partial charge on any atom is 0.243 e. The average Bonchev–Trinajstić information content (AvgIpc) is 2.25. The number of nitrogens with one attached hydrogen (secondary N) is 1. The van der Waals surface area contributed by atoms with Crippen molar-refractivity contribution < 1.29 is 17.2 Å². The fourth-order valence-electron chi connectivity index (χ4n) is 1.43. The fraction of sp³-hybridized carbons (Fsp3) is 0.455. The van der Waals surface area contributed by atoms with Crippen LogP contribution in [-0.2, 0) is 10.0 Å². The monoisotopic (exact) mass is 263 g/mol. The molecule has 0 saturated carbocycles. The van der Waals surface area contributed by atoms with E-state index in [1.165, 1.54) is 0 Å². The van der Waals surface area contributed by atoms with Crippen molar-refractivity contribution in [2.24, 2.45) is 0 Å². The van der Waals surface area contributed by atoms with Gasteiger partial charge in [0.2, 0.25) is 10.0 Å². The van der Waals surface area contributed by atoms with E-state index in [1.54, 1.807) is 0 Å². The van der Waals surface area contributed by atoms with Crippen LogP contribution in [0.4, 0.5) is 8.78 Å². The zero-order valence-electron chi connectivity index (χ0n) is 9.70. The van der Waals surface area contributed by atoms with Crippen molar-refractivity contribution in [3.63, 3.8) is 0 Å². The Kier molecular flexibility index (Phi) is 4.59. The molecule has 0 aliphatic heterocycles. The predicted octanol–water partition coefficient (Wildman–Crippen LogP) is 2.43. The van der Waals surface area contributed by atoms with E-state index in [1.807, 2.05) is 13.8 Å².